The van der Waals surface area contributed by atoms with E-state index in [1.165, 1.54) is 18.2 Å². The minimum absolute atomic E-state index is 0.0157. The van der Waals surface area contributed by atoms with Crippen molar-refractivity contribution in [2.24, 2.45) is 5.41 Å². The molecule has 134 valence electrons. The quantitative estimate of drug-likeness (QED) is 0.311. The summed E-state index contributed by atoms with van der Waals surface area (Å²) in [6, 6.07) is 7.19. The number of rotatable bonds is 8. The lowest BCUT2D eigenvalue weighted by atomic mass is 9.70. The fourth-order valence-electron chi connectivity index (χ4n) is 2.53. The molecular formula is C18H20FNO5. The Kier molecular flexibility index (Phi) is 7.60. The molecule has 0 spiro atoms. The number of carbonyl (C=O) groups excluding carboxylic acids is 2. The predicted molar refractivity (Wildman–Crippen MR) is 90.3 cm³/mol. The Labute approximate surface area is 145 Å². The van der Waals surface area contributed by atoms with Crippen LogP contribution in [0.3, 0.4) is 0 Å². The molecule has 0 saturated heterocycles. The summed E-state index contributed by atoms with van der Waals surface area (Å²) in [7, 11) is 0. The maximum atomic E-state index is 13.2. The van der Waals surface area contributed by atoms with Crippen LogP contribution in [0.4, 0.5) is 4.39 Å². The van der Waals surface area contributed by atoms with E-state index in [4.69, 9.17) is 9.47 Å². The molecule has 1 unspecified atom stereocenters. The summed E-state index contributed by atoms with van der Waals surface area (Å²) >= 11 is 0. The Morgan fingerprint density at radius 2 is 1.80 bits per heavy atom. The molecule has 1 atom stereocenters. The zero-order valence-electron chi connectivity index (χ0n) is 14.2. The van der Waals surface area contributed by atoms with Crippen LogP contribution in [0.25, 0.3) is 5.01 Å². The molecule has 0 aliphatic carbocycles. The fraction of sp³-hybridized carbons (Fsp3) is 0.389. The van der Waals surface area contributed by atoms with Gasteiger partial charge in [-0.05, 0) is 38.0 Å². The Bertz CT molecular complexity index is 657. The van der Waals surface area contributed by atoms with E-state index in [9.17, 15) is 19.2 Å². The van der Waals surface area contributed by atoms with Crippen LogP contribution >= 0.6 is 0 Å². The molecular weight excluding hydrogens is 329 g/mol. The average molecular weight is 349 g/mol. The van der Waals surface area contributed by atoms with Crippen LogP contribution in [0.5, 0.6) is 0 Å². The van der Waals surface area contributed by atoms with Gasteiger partial charge < -0.3 is 14.7 Å². The largest absolute Gasteiger partial charge is 0.498 e. The van der Waals surface area contributed by atoms with Crippen LogP contribution < -0.4 is 0 Å². The van der Waals surface area contributed by atoms with Gasteiger partial charge in [0, 0.05) is 5.01 Å². The highest BCUT2D eigenvalue weighted by Gasteiger charge is 2.57. The van der Waals surface area contributed by atoms with E-state index in [1.807, 2.05) is 0 Å². The number of halogens is 1. The zero-order chi connectivity index (χ0) is 18.9. The molecule has 0 aliphatic rings. The van der Waals surface area contributed by atoms with Gasteiger partial charge in [0.25, 0.3) is 0 Å². The number of carbonyl (C=O) groups is 2. The minimum Gasteiger partial charge on any atom is -0.498 e. The third-order valence-electron chi connectivity index (χ3n) is 3.62. The lowest BCUT2D eigenvalue weighted by Gasteiger charge is -2.30. The number of allylic oxidation sites excluding steroid dienone is 1. The lowest BCUT2D eigenvalue weighted by Crippen LogP contribution is -2.46. The molecule has 1 rings (SSSR count). The molecule has 7 heteroatoms. The molecule has 1 aromatic rings. The molecule has 6 nitrogen and oxygen atoms in total. The van der Waals surface area contributed by atoms with Crippen molar-refractivity contribution in [2.75, 3.05) is 13.2 Å². The summed E-state index contributed by atoms with van der Waals surface area (Å²) in [5.74, 6) is -3.51. The highest BCUT2D eigenvalue weighted by Crippen LogP contribution is 2.42. The molecule has 0 saturated carbocycles. The van der Waals surface area contributed by atoms with Gasteiger partial charge in [0.2, 0.25) is 0 Å². The Morgan fingerprint density at radius 3 is 2.20 bits per heavy atom. The van der Waals surface area contributed by atoms with E-state index in [2.05, 4.69) is 17.7 Å². The van der Waals surface area contributed by atoms with Crippen molar-refractivity contribution in [3.05, 3.63) is 58.5 Å². The van der Waals surface area contributed by atoms with Crippen molar-refractivity contribution in [3.8, 4) is 6.07 Å². The van der Waals surface area contributed by atoms with Gasteiger partial charge in [-0.15, -0.1) is 6.58 Å². The van der Waals surface area contributed by atoms with E-state index in [1.54, 1.807) is 13.8 Å². The average Bonchev–Trinajstić information content (AvgIpc) is 2.59. The van der Waals surface area contributed by atoms with Crippen LogP contribution in [0.15, 0.2) is 36.9 Å². The molecule has 25 heavy (non-hydrogen) atoms. The molecule has 0 fully saturated rings. The van der Waals surface area contributed by atoms with Gasteiger partial charge in [0.1, 0.15) is 11.7 Å². The van der Waals surface area contributed by atoms with Crippen molar-refractivity contribution < 1.29 is 23.5 Å². The molecule has 0 heterocycles. The Morgan fingerprint density at radius 1 is 1.28 bits per heavy atom. The topological polar surface area (TPSA) is 80.0 Å². The van der Waals surface area contributed by atoms with Gasteiger partial charge in [-0.1, -0.05) is 18.2 Å². The van der Waals surface area contributed by atoms with Crippen molar-refractivity contribution >= 4 is 11.9 Å². The summed E-state index contributed by atoms with van der Waals surface area (Å²) in [6.45, 7) is 6.77. The standard InChI is InChI=1S/C18H20FNO5/c1-4-11-18(16(21)24-5-2,17(22)25-6-3)15(12-20-23)13-7-9-14(19)10-8-13/h4,7-10,15H,1,5-6,11H2,2-3H3. The second kappa shape index (κ2) is 9.42. The number of hydrogen-bond acceptors (Lipinski definition) is 5. The van der Waals surface area contributed by atoms with Gasteiger partial charge in [-0.2, -0.15) is 0 Å². The van der Waals surface area contributed by atoms with Crippen molar-refractivity contribution in [1.82, 2.24) is 0 Å². The van der Waals surface area contributed by atoms with Crippen LogP contribution in [-0.2, 0) is 19.1 Å². The first-order valence-corrected chi connectivity index (χ1v) is 7.76. The van der Waals surface area contributed by atoms with E-state index >= 15 is 0 Å². The van der Waals surface area contributed by atoms with Gasteiger partial charge in [-0.3, -0.25) is 9.59 Å². The van der Waals surface area contributed by atoms with Gasteiger partial charge in [-0.25, -0.2) is 4.39 Å². The third kappa shape index (κ3) is 4.35. The van der Waals surface area contributed by atoms with Crippen LogP contribution in [0.2, 0.25) is 0 Å². The first-order valence-electron chi connectivity index (χ1n) is 7.76. The zero-order valence-corrected chi connectivity index (χ0v) is 14.2. The summed E-state index contributed by atoms with van der Waals surface area (Å²) in [5, 5.41) is 13.5. The third-order valence-corrected chi connectivity index (χ3v) is 3.62. The minimum atomic E-state index is -1.93. The van der Waals surface area contributed by atoms with Crippen molar-refractivity contribution in [1.29, 1.82) is 0 Å². The number of benzene rings is 1. The van der Waals surface area contributed by atoms with Crippen LogP contribution in [-0.4, -0.2) is 25.2 Å². The first kappa shape index (κ1) is 20.2. The maximum absolute atomic E-state index is 13.2. The summed E-state index contributed by atoms with van der Waals surface area (Å²) in [6.07, 6.45) is 1.17. The van der Waals surface area contributed by atoms with E-state index in [-0.39, 0.29) is 19.6 Å². The Balaban J connectivity index is 3.62. The maximum Gasteiger partial charge on any atom is 0.325 e. The fourth-order valence-corrected chi connectivity index (χ4v) is 2.53. The smallest absolute Gasteiger partial charge is 0.325 e. The van der Waals surface area contributed by atoms with Crippen molar-refractivity contribution in [2.45, 2.75) is 26.2 Å². The summed E-state index contributed by atoms with van der Waals surface area (Å²) < 4.78 is 23.3. The second-order valence-corrected chi connectivity index (χ2v) is 5.11. The molecule has 0 radical (unpaired) electrons. The number of nitrogens with zero attached hydrogens (tertiary/aromatic N) is 1. The predicted octanol–water partition coefficient (Wildman–Crippen LogP) is 3.43. The van der Waals surface area contributed by atoms with Crippen molar-refractivity contribution in [3.63, 3.8) is 0 Å². The molecule has 0 aliphatic heterocycles. The summed E-state index contributed by atoms with van der Waals surface area (Å²) in [4.78, 5) is 25.4. The summed E-state index contributed by atoms with van der Waals surface area (Å²) in [5.41, 5.74) is -1.64. The van der Waals surface area contributed by atoms with Crippen LogP contribution in [0.1, 0.15) is 31.7 Å². The molecule has 1 aromatic carbocycles. The second-order valence-electron chi connectivity index (χ2n) is 5.11. The molecule has 0 N–H and O–H groups in total. The molecule has 0 amide bonds. The van der Waals surface area contributed by atoms with Gasteiger partial charge in [0.15, 0.2) is 5.41 Å². The highest BCUT2D eigenvalue weighted by molar-refractivity contribution is 6.02. The molecule has 0 aromatic heterocycles. The van der Waals surface area contributed by atoms with Gasteiger partial charge >= 0.3 is 18.0 Å². The highest BCUT2D eigenvalue weighted by atomic mass is 19.1. The first-order chi connectivity index (χ1) is 12.0. The number of esters is 2. The van der Waals surface area contributed by atoms with E-state index in [0.29, 0.717) is 5.56 Å². The van der Waals surface area contributed by atoms with Crippen LogP contribution in [0, 0.1) is 22.5 Å². The Hall–Kier alpha value is -2.88. The SMILES string of the molecule is C=CCC(C(=O)OCC)(C(=O)OCC)C(C#[N+][O-])c1ccc(F)cc1. The van der Waals surface area contributed by atoms with E-state index in [0.717, 1.165) is 12.1 Å². The number of ether oxygens (including phenoxy) is 2. The number of hydrogen-bond donors (Lipinski definition) is 0. The monoisotopic (exact) mass is 349 g/mol. The normalized spacial score (nSPS) is 11.6. The molecule has 0 bridgehead atoms. The van der Waals surface area contributed by atoms with E-state index < -0.39 is 29.1 Å². The lowest BCUT2D eigenvalue weighted by molar-refractivity contribution is -0.172. The van der Waals surface area contributed by atoms with Gasteiger partial charge in [0.05, 0.1) is 13.2 Å².